The molecule has 0 aromatic carbocycles. The molecule has 0 rings (SSSR count). The molecule has 0 N–H and O–H groups in total. The summed E-state index contributed by atoms with van der Waals surface area (Å²) >= 11 is 0. The lowest BCUT2D eigenvalue weighted by atomic mass is 9.88. The molecule has 0 heterocycles. The van der Waals surface area contributed by atoms with Crippen LogP contribution in [0.1, 0.15) is 25.7 Å². The van der Waals surface area contributed by atoms with Crippen LogP contribution in [0, 0.1) is 0 Å². The first-order valence-electron chi connectivity index (χ1n) is 10.7. The van der Waals surface area contributed by atoms with E-state index < -0.39 is 98.6 Å². The van der Waals surface area contributed by atoms with Crippen LogP contribution < -0.4 is 0 Å². The first kappa shape index (κ1) is 40.9. The van der Waals surface area contributed by atoms with Crippen molar-refractivity contribution in [3.8, 4) is 0 Å². The van der Waals surface area contributed by atoms with Crippen LogP contribution in [-0.2, 0) is 4.74 Å². The number of alkyl halides is 22. The molecular formula is C20H16F22O. The third-order valence-corrected chi connectivity index (χ3v) is 5.36. The minimum absolute atomic E-state index is 0.432. The summed E-state index contributed by atoms with van der Waals surface area (Å²) in [4.78, 5) is 0. The van der Waals surface area contributed by atoms with Gasteiger partial charge in [0, 0.05) is 12.8 Å². The van der Waals surface area contributed by atoms with Crippen LogP contribution in [0.5, 0.6) is 0 Å². The Kier molecular flexibility index (Phi) is 12.1. The van der Waals surface area contributed by atoms with Crippen molar-refractivity contribution in [2.24, 2.45) is 0 Å². The third kappa shape index (κ3) is 7.77. The molecular weight excluding hydrogens is 674 g/mol. The lowest BCUT2D eigenvalue weighted by Gasteiger charge is -2.39. The molecule has 0 aromatic rings. The number of hydrogen-bond donors (Lipinski definition) is 0. The second-order valence-corrected chi connectivity index (χ2v) is 8.42. The van der Waals surface area contributed by atoms with Crippen molar-refractivity contribution in [2.75, 3.05) is 13.2 Å². The van der Waals surface area contributed by atoms with Gasteiger partial charge in [-0.15, -0.1) is 0 Å². The molecule has 0 bridgehead atoms. The van der Waals surface area contributed by atoms with Gasteiger partial charge in [-0.05, 0) is 12.8 Å². The van der Waals surface area contributed by atoms with E-state index in [4.69, 9.17) is 0 Å². The van der Waals surface area contributed by atoms with Gasteiger partial charge in [0.05, 0.1) is 13.2 Å². The van der Waals surface area contributed by atoms with E-state index >= 15 is 0 Å². The summed E-state index contributed by atoms with van der Waals surface area (Å²) < 4.78 is 288. The number of ether oxygens (including phenoxy) is 1. The van der Waals surface area contributed by atoms with Gasteiger partial charge in [-0.2, -0.15) is 87.8 Å². The summed E-state index contributed by atoms with van der Waals surface area (Å²) in [6.07, 6.45) is -35.6. The highest BCUT2D eigenvalue weighted by molar-refractivity contribution is 5.12. The maximum atomic E-state index is 13.5. The molecule has 0 atom stereocenters. The summed E-state index contributed by atoms with van der Waals surface area (Å²) in [5.41, 5.74) is -15.2. The Bertz CT molecular complexity index is 844. The summed E-state index contributed by atoms with van der Waals surface area (Å²) in [5.74, 6) is -27.1. The maximum absolute atomic E-state index is 13.5. The highest BCUT2D eigenvalue weighted by Crippen LogP contribution is 2.61. The van der Waals surface area contributed by atoms with E-state index in [1.807, 2.05) is 0 Å². The normalized spacial score (nSPS) is 16.1. The monoisotopic (exact) mass is 690 g/mol. The molecule has 43 heavy (non-hydrogen) atoms. The van der Waals surface area contributed by atoms with Crippen molar-refractivity contribution in [1.29, 1.82) is 0 Å². The van der Waals surface area contributed by atoms with Crippen LogP contribution in [0.4, 0.5) is 96.6 Å². The number of hydrogen-bond acceptors (Lipinski definition) is 1. The number of halogens is 22. The predicted octanol–water partition coefficient (Wildman–Crippen LogP) is 9.88. The molecule has 0 unspecified atom stereocenters. The molecule has 0 fully saturated rings. The zero-order valence-corrected chi connectivity index (χ0v) is 20.3. The second kappa shape index (κ2) is 12.7. The minimum atomic E-state index is -7.62. The van der Waals surface area contributed by atoms with E-state index in [1.54, 1.807) is 0 Å². The molecule has 0 aliphatic carbocycles. The van der Waals surface area contributed by atoms with Crippen LogP contribution >= 0.6 is 0 Å². The van der Waals surface area contributed by atoms with Gasteiger partial charge in [-0.1, -0.05) is 24.3 Å². The fourth-order valence-electron chi connectivity index (χ4n) is 2.96. The fraction of sp³-hybridized carbons (Fsp3) is 0.800. The quantitative estimate of drug-likeness (QED) is 0.100. The highest BCUT2D eigenvalue weighted by Gasteiger charge is 2.90. The van der Waals surface area contributed by atoms with Crippen molar-refractivity contribution in [1.82, 2.24) is 0 Å². The van der Waals surface area contributed by atoms with Gasteiger partial charge in [0.2, 0.25) is 0 Å². The predicted molar refractivity (Wildman–Crippen MR) is 99.3 cm³/mol. The first-order chi connectivity index (χ1) is 18.7. The van der Waals surface area contributed by atoms with Crippen molar-refractivity contribution in [3.63, 3.8) is 0 Å². The van der Waals surface area contributed by atoms with Crippen LogP contribution in [0.25, 0.3) is 0 Å². The molecule has 0 spiro atoms. The van der Waals surface area contributed by atoms with Crippen molar-refractivity contribution >= 4 is 0 Å². The number of rotatable bonds is 14. The summed E-state index contributed by atoms with van der Waals surface area (Å²) in [6.45, 7) is -1.50. The molecule has 0 saturated carbocycles. The number of allylic oxidation sites excluding steroid dienone is 2. The molecule has 0 radical (unpaired) electrons. The van der Waals surface area contributed by atoms with Gasteiger partial charge in [-0.3, -0.25) is 0 Å². The Morgan fingerprint density at radius 2 is 0.581 bits per heavy atom. The van der Waals surface area contributed by atoms with E-state index in [0.29, 0.717) is 24.3 Å². The molecule has 23 heteroatoms. The summed E-state index contributed by atoms with van der Waals surface area (Å²) in [7, 11) is 0. The van der Waals surface area contributed by atoms with E-state index in [0.717, 1.165) is 0 Å². The Labute approximate surface area is 225 Å². The van der Waals surface area contributed by atoms with Crippen molar-refractivity contribution in [2.45, 2.75) is 85.4 Å². The molecule has 256 valence electrons. The zero-order valence-electron chi connectivity index (χ0n) is 20.3. The Morgan fingerprint density at radius 3 is 0.791 bits per heavy atom. The first-order valence-corrected chi connectivity index (χ1v) is 10.7. The summed E-state index contributed by atoms with van der Waals surface area (Å²) in [6, 6.07) is 0. The maximum Gasteiger partial charge on any atom is 0.438 e. The third-order valence-electron chi connectivity index (χ3n) is 5.36. The van der Waals surface area contributed by atoms with Crippen LogP contribution in [0.2, 0.25) is 0 Å². The van der Waals surface area contributed by atoms with E-state index in [9.17, 15) is 96.6 Å². The summed E-state index contributed by atoms with van der Waals surface area (Å²) in [5, 5.41) is 0. The molecule has 0 saturated heterocycles. The van der Waals surface area contributed by atoms with E-state index in [-0.39, 0.29) is 0 Å². The van der Waals surface area contributed by atoms with E-state index in [1.165, 1.54) is 0 Å². The van der Waals surface area contributed by atoms with Gasteiger partial charge in [0.15, 0.2) is 0 Å². The lowest BCUT2D eigenvalue weighted by molar-refractivity contribution is -0.427. The smallest absolute Gasteiger partial charge is 0.373 e. The molecule has 0 aliphatic rings. The van der Waals surface area contributed by atoms with Crippen molar-refractivity contribution < 1.29 is 101 Å². The van der Waals surface area contributed by atoms with Crippen molar-refractivity contribution in [3.05, 3.63) is 24.3 Å². The molecule has 0 aromatic heterocycles. The minimum Gasteiger partial charge on any atom is -0.373 e. The topological polar surface area (TPSA) is 9.23 Å². The Morgan fingerprint density at radius 1 is 0.349 bits per heavy atom. The average molecular weight is 690 g/mol. The van der Waals surface area contributed by atoms with Gasteiger partial charge < -0.3 is 4.74 Å². The Balaban J connectivity index is 5.03. The Hall–Kier alpha value is -2.10. The van der Waals surface area contributed by atoms with Crippen LogP contribution in [0.15, 0.2) is 24.3 Å². The second-order valence-electron chi connectivity index (χ2n) is 8.42. The van der Waals surface area contributed by atoms with Gasteiger partial charge >= 0.3 is 59.7 Å². The van der Waals surface area contributed by atoms with Gasteiger partial charge in [-0.25, -0.2) is 8.78 Å². The average Bonchev–Trinajstić information content (AvgIpc) is 2.77. The standard InChI is InChI=1S/C20H16F22O/c21-11(22,15(27,28)13(25,17(31,32)33)18(34,35)36)7-3-1-5-9-43-10-6-2-4-8-12(23,24)16(29,30)14(26,19(37,38)39)20(40,41)42/h1-2,5-6H,3-4,7-10H2. The molecule has 0 amide bonds. The largest absolute Gasteiger partial charge is 0.438 e. The molecule has 0 aliphatic heterocycles. The van der Waals surface area contributed by atoms with Gasteiger partial charge in [0.1, 0.15) is 0 Å². The van der Waals surface area contributed by atoms with Crippen LogP contribution in [-0.4, -0.2) is 72.9 Å². The van der Waals surface area contributed by atoms with Gasteiger partial charge in [0.25, 0.3) is 0 Å². The molecule has 1 nitrogen and oxygen atoms in total. The fourth-order valence-corrected chi connectivity index (χ4v) is 2.96. The van der Waals surface area contributed by atoms with E-state index in [2.05, 4.69) is 4.74 Å². The zero-order chi connectivity index (χ0) is 34.8. The highest BCUT2D eigenvalue weighted by atomic mass is 19.4. The lowest BCUT2D eigenvalue weighted by Crippen LogP contribution is -2.70. The SMILES string of the molecule is FC(F)(F)C(F)(C(F)(F)F)C(F)(F)C(F)(F)CCC=CCOCC=CCCC(F)(F)C(F)(F)C(F)(C(F)(F)F)C(F)(F)F. The van der Waals surface area contributed by atoms with Crippen LogP contribution in [0.3, 0.4) is 0 Å².